The van der Waals surface area contributed by atoms with Crippen LogP contribution in [-0.2, 0) is 15.9 Å². The van der Waals surface area contributed by atoms with E-state index in [0.29, 0.717) is 18.4 Å². The number of piperidine rings is 1. The number of likely N-dealkylation sites (tertiary alicyclic amines) is 1. The van der Waals surface area contributed by atoms with E-state index in [1.165, 1.54) is 10.2 Å². The van der Waals surface area contributed by atoms with Crippen molar-refractivity contribution in [2.75, 3.05) is 26.3 Å². The summed E-state index contributed by atoms with van der Waals surface area (Å²) in [6.07, 6.45) is 2.38. The molecule has 3 aliphatic heterocycles. The number of carbonyl (C=O) groups is 1. The lowest BCUT2D eigenvalue weighted by Crippen LogP contribution is -2.49. The molecule has 5 rings (SSSR count). The number of nitrogens with zero attached hydrogens (tertiary/aromatic N) is 4. The molecule has 8 heteroatoms. The van der Waals surface area contributed by atoms with Crippen molar-refractivity contribution in [3.63, 3.8) is 0 Å². The molecule has 0 saturated carbocycles. The summed E-state index contributed by atoms with van der Waals surface area (Å²) in [7, 11) is 0. The van der Waals surface area contributed by atoms with Crippen molar-refractivity contribution in [3.05, 3.63) is 41.2 Å². The van der Waals surface area contributed by atoms with Gasteiger partial charge in [0.15, 0.2) is 16.8 Å². The Morgan fingerprint density at radius 1 is 1.21 bits per heavy atom. The number of hydrogen-bond acceptors (Lipinski definition) is 7. The summed E-state index contributed by atoms with van der Waals surface area (Å²) < 4.78 is 13.3. The van der Waals surface area contributed by atoms with Gasteiger partial charge in [-0.3, -0.25) is 9.69 Å². The van der Waals surface area contributed by atoms with Crippen LogP contribution in [0.25, 0.3) is 0 Å². The van der Waals surface area contributed by atoms with Crippen molar-refractivity contribution >= 4 is 17.7 Å². The van der Waals surface area contributed by atoms with E-state index >= 15 is 0 Å². The van der Waals surface area contributed by atoms with Crippen LogP contribution in [-0.4, -0.2) is 62.9 Å². The first-order valence-corrected chi connectivity index (χ1v) is 11.2. The fourth-order valence-corrected chi connectivity index (χ4v) is 5.74. The van der Waals surface area contributed by atoms with Gasteiger partial charge in [-0.15, -0.1) is 5.10 Å². The molecule has 2 aromatic rings. The van der Waals surface area contributed by atoms with Gasteiger partial charge in [-0.1, -0.05) is 48.5 Å². The normalized spacial score (nSPS) is 24.9. The van der Waals surface area contributed by atoms with Crippen LogP contribution >= 0.6 is 11.8 Å². The molecular formula is C21H26N4O3S. The third kappa shape index (κ3) is 3.42. The first-order chi connectivity index (χ1) is 14.1. The van der Waals surface area contributed by atoms with Crippen LogP contribution in [0.5, 0.6) is 0 Å². The largest absolute Gasteiger partial charge is 0.347 e. The lowest BCUT2D eigenvalue weighted by Gasteiger charge is -2.42. The summed E-state index contributed by atoms with van der Waals surface area (Å²) in [6, 6.07) is 8.50. The molecule has 2 unspecified atom stereocenters. The van der Waals surface area contributed by atoms with Gasteiger partial charge >= 0.3 is 0 Å². The molecule has 1 spiro atoms. The SMILES string of the molecule is CCc1nc2n(n1)C(=O)C(C(c1ccc(C)cc1)N1CCC3(CC1)OCCO3)S2. The minimum atomic E-state index is -0.425. The van der Waals surface area contributed by atoms with Crippen molar-refractivity contribution in [2.24, 2.45) is 0 Å². The molecule has 7 nitrogen and oxygen atoms in total. The van der Waals surface area contributed by atoms with Crippen molar-refractivity contribution in [3.8, 4) is 0 Å². The van der Waals surface area contributed by atoms with Crippen molar-refractivity contribution in [1.29, 1.82) is 0 Å². The minimum absolute atomic E-state index is 0.0245. The standard InChI is InChI=1S/C21H26N4O3S/c1-3-16-22-20-25(23-16)19(26)18(29-20)17(15-6-4-14(2)5-7-15)24-10-8-21(9-11-24)27-12-13-28-21/h4-7,17-18H,3,8-13H2,1-2H3. The smallest absolute Gasteiger partial charge is 0.264 e. The van der Waals surface area contributed by atoms with E-state index in [0.717, 1.165) is 43.7 Å². The zero-order valence-corrected chi connectivity index (χ0v) is 17.7. The van der Waals surface area contributed by atoms with E-state index < -0.39 is 5.79 Å². The van der Waals surface area contributed by atoms with Gasteiger partial charge < -0.3 is 9.47 Å². The molecule has 29 heavy (non-hydrogen) atoms. The summed E-state index contributed by atoms with van der Waals surface area (Å²) in [5.41, 5.74) is 2.37. The molecule has 4 heterocycles. The molecule has 2 atom stereocenters. The number of ether oxygens (including phenoxy) is 2. The molecule has 0 N–H and O–H groups in total. The van der Waals surface area contributed by atoms with Crippen LogP contribution in [0.1, 0.15) is 47.6 Å². The Bertz CT molecular complexity index is 897. The molecule has 0 aliphatic carbocycles. The van der Waals surface area contributed by atoms with Crippen LogP contribution in [0.3, 0.4) is 0 Å². The van der Waals surface area contributed by atoms with Gasteiger partial charge in [0.05, 0.1) is 19.3 Å². The number of hydrogen-bond donors (Lipinski definition) is 0. The highest BCUT2D eigenvalue weighted by molar-refractivity contribution is 8.00. The minimum Gasteiger partial charge on any atom is -0.347 e. The first-order valence-electron chi connectivity index (χ1n) is 10.3. The van der Waals surface area contributed by atoms with Crippen molar-refractivity contribution < 1.29 is 14.3 Å². The van der Waals surface area contributed by atoms with Gasteiger partial charge in [0.25, 0.3) is 5.91 Å². The van der Waals surface area contributed by atoms with Crippen LogP contribution in [0, 0.1) is 6.92 Å². The number of benzene rings is 1. The van der Waals surface area contributed by atoms with Gasteiger partial charge in [-0.2, -0.15) is 4.68 Å². The monoisotopic (exact) mass is 414 g/mol. The second-order valence-corrected chi connectivity index (χ2v) is 9.06. The molecule has 0 bridgehead atoms. The maximum atomic E-state index is 13.3. The number of carbonyl (C=O) groups excluding carboxylic acids is 1. The fraction of sp³-hybridized carbons (Fsp3) is 0.571. The van der Waals surface area contributed by atoms with Gasteiger partial charge in [0, 0.05) is 32.4 Å². The molecule has 3 aliphatic rings. The Balaban J connectivity index is 1.43. The zero-order chi connectivity index (χ0) is 20.0. The fourth-order valence-electron chi connectivity index (χ4n) is 4.46. The van der Waals surface area contributed by atoms with E-state index in [1.54, 1.807) is 11.8 Å². The molecular weight excluding hydrogens is 388 g/mol. The van der Waals surface area contributed by atoms with Crippen LogP contribution < -0.4 is 0 Å². The Labute approximate surface area is 174 Å². The molecule has 2 fully saturated rings. The van der Waals surface area contributed by atoms with Gasteiger partial charge in [0.2, 0.25) is 0 Å². The van der Waals surface area contributed by atoms with Gasteiger partial charge in [-0.05, 0) is 12.5 Å². The summed E-state index contributed by atoms with van der Waals surface area (Å²) in [4.78, 5) is 20.2. The number of aryl methyl sites for hydroxylation is 2. The highest BCUT2D eigenvalue weighted by Crippen LogP contribution is 2.43. The molecule has 1 aromatic carbocycles. The van der Waals surface area contributed by atoms with Crippen LogP contribution in [0.15, 0.2) is 29.4 Å². The number of rotatable bonds is 4. The highest BCUT2D eigenvalue weighted by Gasteiger charge is 2.47. The quantitative estimate of drug-likeness (QED) is 0.762. The Morgan fingerprint density at radius 3 is 2.52 bits per heavy atom. The predicted molar refractivity (Wildman–Crippen MR) is 109 cm³/mol. The molecule has 0 amide bonds. The second-order valence-electron chi connectivity index (χ2n) is 7.95. The van der Waals surface area contributed by atoms with Gasteiger partial charge in [0.1, 0.15) is 5.25 Å². The summed E-state index contributed by atoms with van der Waals surface area (Å²) in [5.74, 6) is 0.323. The number of aromatic nitrogens is 3. The summed E-state index contributed by atoms with van der Waals surface area (Å²) in [5, 5.41) is 4.87. The molecule has 0 radical (unpaired) electrons. The van der Waals surface area contributed by atoms with E-state index in [9.17, 15) is 4.79 Å². The summed E-state index contributed by atoms with van der Waals surface area (Å²) >= 11 is 1.54. The van der Waals surface area contributed by atoms with Crippen LogP contribution in [0.4, 0.5) is 0 Å². The Morgan fingerprint density at radius 2 is 1.90 bits per heavy atom. The van der Waals surface area contributed by atoms with Gasteiger partial charge in [-0.25, -0.2) is 4.98 Å². The summed E-state index contributed by atoms with van der Waals surface area (Å²) in [6.45, 7) is 7.09. The Hall–Kier alpha value is -1.74. The van der Waals surface area contributed by atoms with E-state index in [-0.39, 0.29) is 17.2 Å². The van der Waals surface area contributed by atoms with E-state index in [2.05, 4.69) is 46.2 Å². The molecule has 2 saturated heterocycles. The van der Waals surface area contributed by atoms with E-state index in [1.807, 2.05) is 6.92 Å². The maximum absolute atomic E-state index is 13.3. The number of thioether (sulfide) groups is 1. The highest BCUT2D eigenvalue weighted by atomic mass is 32.2. The first kappa shape index (κ1) is 19.2. The number of fused-ring (bicyclic) bond motifs is 1. The molecule has 154 valence electrons. The maximum Gasteiger partial charge on any atom is 0.264 e. The average Bonchev–Trinajstić information content (AvgIpc) is 3.43. The third-order valence-electron chi connectivity index (χ3n) is 6.09. The lowest BCUT2D eigenvalue weighted by molar-refractivity contribution is -0.187. The van der Waals surface area contributed by atoms with Crippen LogP contribution in [0.2, 0.25) is 0 Å². The average molecular weight is 415 g/mol. The van der Waals surface area contributed by atoms with Crippen molar-refractivity contribution in [2.45, 2.75) is 55.3 Å². The Kier molecular flexibility index (Phi) is 4.98. The lowest BCUT2D eigenvalue weighted by atomic mass is 9.95. The molecule has 1 aromatic heterocycles. The second kappa shape index (κ2) is 7.50. The zero-order valence-electron chi connectivity index (χ0n) is 16.8. The van der Waals surface area contributed by atoms with E-state index in [4.69, 9.17) is 9.47 Å². The van der Waals surface area contributed by atoms with Crippen molar-refractivity contribution in [1.82, 2.24) is 19.7 Å². The predicted octanol–water partition coefficient (Wildman–Crippen LogP) is 2.84. The third-order valence-corrected chi connectivity index (χ3v) is 7.28. The topological polar surface area (TPSA) is 69.5 Å².